The monoisotopic (exact) mass is 346 g/mol. The highest BCUT2D eigenvalue weighted by atomic mass is 79.9. The lowest BCUT2D eigenvalue weighted by Crippen LogP contribution is -2.46. The molecule has 5 heteroatoms. The average molecular weight is 347 g/mol. The van der Waals surface area contributed by atoms with Crippen molar-refractivity contribution in [3.05, 3.63) is 28.2 Å². The minimum Gasteiger partial charge on any atom is -0.368 e. The first-order valence-corrected chi connectivity index (χ1v) is 7.71. The minimum absolute atomic E-state index is 0.0936. The Hall–Kier alpha value is -0.680. The van der Waals surface area contributed by atoms with Gasteiger partial charge in [-0.05, 0) is 40.4 Å². The molecule has 1 aliphatic heterocycles. The number of nitrogens with zero attached hydrogens (tertiary/aromatic N) is 1. The van der Waals surface area contributed by atoms with E-state index in [1.54, 1.807) is 0 Å². The van der Waals surface area contributed by atoms with Crippen LogP contribution in [0.25, 0.3) is 0 Å². The molecule has 0 bridgehead atoms. The van der Waals surface area contributed by atoms with Gasteiger partial charge in [0.1, 0.15) is 11.6 Å². The molecule has 20 heavy (non-hydrogen) atoms. The normalized spacial score (nSPS) is 20.9. The van der Waals surface area contributed by atoms with Crippen LogP contribution >= 0.6 is 15.9 Å². The summed E-state index contributed by atoms with van der Waals surface area (Å²) in [5.74, 6) is -1.06. The van der Waals surface area contributed by atoms with Crippen molar-refractivity contribution in [2.24, 2.45) is 5.41 Å². The van der Waals surface area contributed by atoms with Crippen molar-refractivity contribution >= 4 is 21.6 Å². The van der Waals surface area contributed by atoms with E-state index in [0.717, 1.165) is 32.1 Å². The fourth-order valence-corrected chi connectivity index (χ4v) is 2.81. The third-order valence-corrected chi connectivity index (χ3v) is 4.38. The van der Waals surface area contributed by atoms with Gasteiger partial charge in [0.2, 0.25) is 0 Å². The maximum absolute atomic E-state index is 14.0. The number of halogens is 3. The number of nitrogens with one attached hydrogen (secondary N) is 1. The SMILES string of the molecule is CC(C)(C)C1CN(c2cc(Br)c(F)cc2F)CCCN1. The number of anilines is 1. The zero-order valence-corrected chi connectivity index (χ0v) is 13.7. The molecule has 1 aliphatic rings. The van der Waals surface area contributed by atoms with Crippen molar-refractivity contribution in [3.8, 4) is 0 Å². The number of hydrogen-bond donors (Lipinski definition) is 1. The summed E-state index contributed by atoms with van der Waals surface area (Å²) in [5, 5.41) is 3.52. The van der Waals surface area contributed by atoms with Gasteiger partial charge in [0.15, 0.2) is 0 Å². The van der Waals surface area contributed by atoms with Crippen molar-refractivity contribution in [3.63, 3.8) is 0 Å². The zero-order valence-electron chi connectivity index (χ0n) is 12.1. The Balaban J connectivity index is 2.29. The van der Waals surface area contributed by atoms with E-state index in [9.17, 15) is 8.78 Å². The van der Waals surface area contributed by atoms with Gasteiger partial charge in [0.25, 0.3) is 0 Å². The van der Waals surface area contributed by atoms with Crippen LogP contribution in [-0.2, 0) is 0 Å². The summed E-state index contributed by atoms with van der Waals surface area (Å²) in [7, 11) is 0. The van der Waals surface area contributed by atoms with Crippen LogP contribution < -0.4 is 10.2 Å². The molecule has 0 aliphatic carbocycles. The average Bonchev–Trinajstić information content (AvgIpc) is 2.59. The van der Waals surface area contributed by atoms with Crippen LogP contribution in [0.1, 0.15) is 27.2 Å². The molecule has 1 saturated heterocycles. The lowest BCUT2D eigenvalue weighted by atomic mass is 9.86. The second kappa shape index (κ2) is 5.98. The molecule has 0 aromatic heterocycles. The standard InChI is InChI=1S/C15H21BrF2N2/c1-15(2,3)14-9-20(6-4-5-19-14)13-7-10(16)11(17)8-12(13)18/h7-8,14,19H,4-6,9H2,1-3H3. The first-order chi connectivity index (χ1) is 9.29. The Morgan fingerprint density at radius 3 is 2.60 bits per heavy atom. The Morgan fingerprint density at radius 1 is 1.25 bits per heavy atom. The summed E-state index contributed by atoms with van der Waals surface area (Å²) < 4.78 is 27.7. The second-order valence-electron chi connectivity index (χ2n) is 6.39. The highest BCUT2D eigenvalue weighted by Gasteiger charge is 2.29. The number of rotatable bonds is 1. The summed E-state index contributed by atoms with van der Waals surface area (Å²) in [6, 6.07) is 2.76. The molecule has 0 radical (unpaired) electrons. The van der Waals surface area contributed by atoms with Crippen LogP contribution in [0.4, 0.5) is 14.5 Å². The van der Waals surface area contributed by atoms with Gasteiger partial charge in [-0.2, -0.15) is 0 Å². The quantitative estimate of drug-likeness (QED) is 0.774. The van der Waals surface area contributed by atoms with Crippen LogP contribution in [0.15, 0.2) is 16.6 Å². The predicted octanol–water partition coefficient (Wildman–Crippen LogP) is 3.94. The number of benzene rings is 1. The van der Waals surface area contributed by atoms with Gasteiger partial charge >= 0.3 is 0 Å². The molecule has 1 N–H and O–H groups in total. The molecular weight excluding hydrogens is 326 g/mol. The maximum Gasteiger partial charge on any atom is 0.149 e. The third-order valence-electron chi connectivity index (χ3n) is 3.77. The molecule has 1 atom stereocenters. The Morgan fingerprint density at radius 2 is 1.95 bits per heavy atom. The molecule has 0 amide bonds. The fraction of sp³-hybridized carbons (Fsp3) is 0.600. The van der Waals surface area contributed by atoms with Crippen LogP contribution in [0.2, 0.25) is 0 Å². The highest BCUT2D eigenvalue weighted by Crippen LogP contribution is 2.29. The van der Waals surface area contributed by atoms with Crippen molar-refractivity contribution in [2.45, 2.75) is 33.2 Å². The predicted molar refractivity (Wildman–Crippen MR) is 82.1 cm³/mol. The molecule has 0 saturated carbocycles. The third kappa shape index (κ3) is 3.50. The van der Waals surface area contributed by atoms with Gasteiger partial charge in [-0.15, -0.1) is 0 Å². The highest BCUT2D eigenvalue weighted by molar-refractivity contribution is 9.10. The van der Waals surface area contributed by atoms with Crippen LogP contribution in [0, 0.1) is 17.0 Å². The fourth-order valence-electron chi connectivity index (χ4n) is 2.48. The van der Waals surface area contributed by atoms with Crippen LogP contribution in [0.5, 0.6) is 0 Å². The summed E-state index contributed by atoms with van der Waals surface area (Å²) in [6.45, 7) is 8.93. The summed E-state index contributed by atoms with van der Waals surface area (Å²) in [6.07, 6.45) is 0.945. The van der Waals surface area contributed by atoms with E-state index in [-0.39, 0.29) is 11.5 Å². The van der Waals surface area contributed by atoms with Gasteiger partial charge < -0.3 is 10.2 Å². The van der Waals surface area contributed by atoms with Gasteiger partial charge in [-0.1, -0.05) is 20.8 Å². The van der Waals surface area contributed by atoms with Crippen LogP contribution in [0.3, 0.4) is 0 Å². The van der Waals surface area contributed by atoms with E-state index in [4.69, 9.17) is 0 Å². The van der Waals surface area contributed by atoms with Crippen molar-refractivity contribution in [1.29, 1.82) is 0 Å². The molecule has 1 aromatic carbocycles. The lowest BCUT2D eigenvalue weighted by Gasteiger charge is -2.34. The Labute approximate surface area is 127 Å². The molecule has 2 nitrogen and oxygen atoms in total. The van der Waals surface area contributed by atoms with Crippen molar-refractivity contribution in [2.75, 3.05) is 24.5 Å². The van der Waals surface area contributed by atoms with Gasteiger partial charge in [-0.3, -0.25) is 0 Å². The molecule has 1 aromatic rings. The zero-order chi connectivity index (χ0) is 14.9. The molecule has 1 fully saturated rings. The van der Waals surface area contributed by atoms with E-state index in [2.05, 4.69) is 42.0 Å². The van der Waals surface area contributed by atoms with E-state index < -0.39 is 11.6 Å². The summed E-state index contributed by atoms with van der Waals surface area (Å²) >= 11 is 3.14. The maximum atomic E-state index is 14.0. The topological polar surface area (TPSA) is 15.3 Å². The largest absolute Gasteiger partial charge is 0.368 e. The number of hydrogen-bond acceptors (Lipinski definition) is 2. The van der Waals surface area contributed by atoms with Crippen LogP contribution in [-0.4, -0.2) is 25.7 Å². The first kappa shape index (κ1) is 15.7. The molecule has 1 unspecified atom stereocenters. The summed E-state index contributed by atoms with van der Waals surface area (Å²) in [5.41, 5.74) is 0.562. The Bertz CT molecular complexity index is 485. The van der Waals surface area contributed by atoms with E-state index in [1.165, 1.54) is 6.07 Å². The van der Waals surface area contributed by atoms with Gasteiger partial charge in [-0.25, -0.2) is 8.78 Å². The molecule has 2 rings (SSSR count). The lowest BCUT2D eigenvalue weighted by molar-refractivity contribution is 0.280. The molecule has 112 valence electrons. The van der Waals surface area contributed by atoms with E-state index in [0.29, 0.717) is 10.2 Å². The summed E-state index contributed by atoms with van der Waals surface area (Å²) in [4.78, 5) is 2.01. The smallest absolute Gasteiger partial charge is 0.149 e. The first-order valence-electron chi connectivity index (χ1n) is 6.92. The Kier molecular flexibility index (Phi) is 4.69. The van der Waals surface area contributed by atoms with Crippen molar-refractivity contribution in [1.82, 2.24) is 5.32 Å². The van der Waals surface area contributed by atoms with Gasteiger partial charge in [0.05, 0.1) is 10.2 Å². The molecule has 1 heterocycles. The van der Waals surface area contributed by atoms with Gasteiger partial charge in [0, 0.05) is 25.2 Å². The second-order valence-corrected chi connectivity index (χ2v) is 7.24. The molecule has 0 spiro atoms. The van der Waals surface area contributed by atoms with Crippen molar-refractivity contribution < 1.29 is 8.78 Å². The minimum atomic E-state index is -0.563. The van der Waals surface area contributed by atoms with E-state index >= 15 is 0 Å². The van der Waals surface area contributed by atoms with E-state index in [1.807, 2.05) is 4.90 Å². The molecular formula is C15H21BrF2N2.